The van der Waals surface area contributed by atoms with Crippen molar-refractivity contribution in [2.24, 2.45) is 0 Å². The molecule has 0 saturated heterocycles. The van der Waals surface area contributed by atoms with Gasteiger partial charge in [0.2, 0.25) is 0 Å². The van der Waals surface area contributed by atoms with Crippen LogP contribution in [0, 0.1) is 0 Å². The maximum Gasteiger partial charge on any atom is 0.0436 e. The van der Waals surface area contributed by atoms with E-state index in [1.807, 2.05) is 0 Å². The van der Waals surface area contributed by atoms with E-state index in [0.29, 0.717) is 0 Å². The predicted molar refractivity (Wildman–Crippen MR) is 64.6 cm³/mol. The molecular weight excluding hydrogens is 182 g/mol. The van der Waals surface area contributed by atoms with Crippen molar-refractivity contribution in [2.75, 3.05) is 11.4 Å². The smallest absolute Gasteiger partial charge is 0.0436 e. The second kappa shape index (κ2) is 3.26. The van der Waals surface area contributed by atoms with Gasteiger partial charge in [-0.3, -0.25) is 0 Å². The average molecular weight is 201 g/mol. The molecule has 2 unspecified atom stereocenters. The van der Waals surface area contributed by atoms with Gasteiger partial charge in [-0.25, -0.2) is 0 Å². The number of hydrogen-bond donors (Lipinski definition) is 0. The van der Waals surface area contributed by atoms with Crippen LogP contribution in [0.3, 0.4) is 0 Å². The van der Waals surface area contributed by atoms with Crippen molar-refractivity contribution in [1.82, 2.24) is 0 Å². The van der Waals surface area contributed by atoms with Gasteiger partial charge in [0.25, 0.3) is 0 Å². The molecule has 2 aliphatic rings. The Kier molecular flexibility index (Phi) is 2.01. The Labute approximate surface area is 92.1 Å². The highest BCUT2D eigenvalue weighted by molar-refractivity contribution is 5.64. The molecule has 1 aromatic rings. The molecular formula is C14H19N. The molecule has 3 rings (SSSR count). The van der Waals surface area contributed by atoms with Crippen LogP contribution >= 0.6 is 0 Å². The third-order valence-electron chi connectivity index (χ3n) is 4.04. The second-order valence-electron chi connectivity index (χ2n) is 5.14. The molecule has 0 fully saturated rings. The molecule has 80 valence electrons. The lowest BCUT2D eigenvalue weighted by molar-refractivity contribution is 0.489. The fourth-order valence-corrected chi connectivity index (χ4v) is 3.32. The molecule has 0 aliphatic carbocycles. The molecule has 0 radical (unpaired) electrons. The van der Waals surface area contributed by atoms with Crippen molar-refractivity contribution in [1.29, 1.82) is 0 Å². The highest BCUT2D eigenvalue weighted by Crippen LogP contribution is 2.42. The lowest BCUT2D eigenvalue weighted by atomic mass is 9.83. The fraction of sp³-hybridized carbons (Fsp3) is 0.571. The Morgan fingerprint density at radius 1 is 1.27 bits per heavy atom. The first kappa shape index (κ1) is 9.26. The Balaban J connectivity index is 2.19. The molecule has 0 saturated carbocycles. The monoisotopic (exact) mass is 201 g/mol. The molecule has 1 nitrogen and oxygen atoms in total. The van der Waals surface area contributed by atoms with Gasteiger partial charge < -0.3 is 4.90 Å². The first-order chi connectivity index (χ1) is 7.27. The maximum absolute atomic E-state index is 2.63. The van der Waals surface area contributed by atoms with Crippen molar-refractivity contribution in [3.05, 3.63) is 29.3 Å². The summed E-state index contributed by atoms with van der Waals surface area (Å²) < 4.78 is 0. The minimum Gasteiger partial charge on any atom is -0.368 e. The summed E-state index contributed by atoms with van der Waals surface area (Å²) in [6.07, 6.45) is 3.92. The number of hydrogen-bond acceptors (Lipinski definition) is 1. The van der Waals surface area contributed by atoms with Gasteiger partial charge in [0.15, 0.2) is 0 Å². The standard InChI is InChI=1S/C14H19N/c1-10-9-11(2)15-8-4-6-12-5-3-7-13(10)14(12)15/h3,5,7,10-11H,4,6,8-9H2,1-2H3. The summed E-state index contributed by atoms with van der Waals surface area (Å²) in [5.74, 6) is 0.740. The number of nitrogens with zero attached hydrogens (tertiary/aromatic N) is 1. The summed E-state index contributed by atoms with van der Waals surface area (Å²) in [5, 5.41) is 0. The van der Waals surface area contributed by atoms with Gasteiger partial charge in [0.05, 0.1) is 0 Å². The average Bonchev–Trinajstić information content (AvgIpc) is 2.25. The first-order valence-electron chi connectivity index (χ1n) is 6.16. The highest BCUT2D eigenvalue weighted by atomic mass is 15.2. The molecule has 0 N–H and O–H groups in total. The van der Waals surface area contributed by atoms with Crippen molar-refractivity contribution in [3.63, 3.8) is 0 Å². The Morgan fingerprint density at radius 3 is 3.00 bits per heavy atom. The molecule has 2 aliphatic heterocycles. The molecule has 1 heteroatoms. The number of rotatable bonds is 0. The Hall–Kier alpha value is -0.980. The largest absolute Gasteiger partial charge is 0.368 e. The van der Waals surface area contributed by atoms with Gasteiger partial charge in [-0.2, -0.15) is 0 Å². The summed E-state index contributed by atoms with van der Waals surface area (Å²) in [7, 11) is 0. The SMILES string of the molecule is CC1CC(C)N2CCCc3cccc1c32. The van der Waals surface area contributed by atoms with Crippen molar-refractivity contribution in [3.8, 4) is 0 Å². The predicted octanol–water partition coefficient (Wildman–Crippen LogP) is 3.33. The molecule has 0 amide bonds. The summed E-state index contributed by atoms with van der Waals surface area (Å²) in [4.78, 5) is 2.63. The van der Waals surface area contributed by atoms with Crippen LogP contribution in [0.1, 0.15) is 43.7 Å². The number of para-hydroxylation sites is 1. The van der Waals surface area contributed by atoms with Gasteiger partial charge in [-0.1, -0.05) is 25.1 Å². The van der Waals surface area contributed by atoms with E-state index in [1.54, 1.807) is 16.8 Å². The van der Waals surface area contributed by atoms with Crippen LogP contribution in [-0.4, -0.2) is 12.6 Å². The van der Waals surface area contributed by atoms with Gasteiger partial charge in [0.1, 0.15) is 0 Å². The molecule has 2 heterocycles. The molecule has 1 aromatic carbocycles. The normalized spacial score (nSPS) is 28.8. The third-order valence-corrected chi connectivity index (χ3v) is 4.04. The van der Waals surface area contributed by atoms with Crippen LogP contribution in [0.15, 0.2) is 18.2 Å². The van der Waals surface area contributed by atoms with Gasteiger partial charge in [-0.15, -0.1) is 0 Å². The first-order valence-corrected chi connectivity index (χ1v) is 6.16. The van der Waals surface area contributed by atoms with E-state index in [2.05, 4.69) is 36.9 Å². The highest BCUT2D eigenvalue weighted by Gasteiger charge is 2.31. The third kappa shape index (κ3) is 1.29. The van der Waals surface area contributed by atoms with Gasteiger partial charge in [0, 0.05) is 18.3 Å². The summed E-state index contributed by atoms with van der Waals surface area (Å²) in [5.41, 5.74) is 4.75. The van der Waals surface area contributed by atoms with Crippen LogP contribution in [0.2, 0.25) is 0 Å². The number of aryl methyl sites for hydroxylation is 1. The van der Waals surface area contributed by atoms with Crippen LogP contribution in [0.25, 0.3) is 0 Å². The van der Waals surface area contributed by atoms with E-state index < -0.39 is 0 Å². The Morgan fingerprint density at radius 2 is 2.13 bits per heavy atom. The lowest BCUT2D eigenvalue weighted by Gasteiger charge is -2.43. The van der Waals surface area contributed by atoms with E-state index >= 15 is 0 Å². The minimum absolute atomic E-state index is 0.731. The molecule has 2 atom stereocenters. The van der Waals surface area contributed by atoms with Gasteiger partial charge in [-0.05, 0) is 43.2 Å². The zero-order valence-corrected chi connectivity index (χ0v) is 9.66. The Bertz CT molecular complexity index is 383. The van der Waals surface area contributed by atoms with E-state index in [9.17, 15) is 0 Å². The maximum atomic E-state index is 2.63. The van der Waals surface area contributed by atoms with E-state index in [0.717, 1.165) is 12.0 Å². The minimum atomic E-state index is 0.731. The zero-order chi connectivity index (χ0) is 10.4. The molecule has 0 spiro atoms. The van der Waals surface area contributed by atoms with Crippen molar-refractivity contribution < 1.29 is 0 Å². The topological polar surface area (TPSA) is 3.24 Å². The molecule has 0 aromatic heterocycles. The van der Waals surface area contributed by atoms with Crippen molar-refractivity contribution in [2.45, 2.75) is 45.1 Å². The quantitative estimate of drug-likeness (QED) is 0.622. The van der Waals surface area contributed by atoms with E-state index in [1.165, 1.54) is 25.8 Å². The van der Waals surface area contributed by atoms with Crippen LogP contribution in [0.4, 0.5) is 5.69 Å². The van der Waals surface area contributed by atoms with E-state index in [4.69, 9.17) is 0 Å². The molecule has 15 heavy (non-hydrogen) atoms. The summed E-state index contributed by atoms with van der Waals surface area (Å²) in [6.45, 7) is 6.01. The molecule has 0 bridgehead atoms. The number of benzene rings is 1. The second-order valence-corrected chi connectivity index (χ2v) is 5.14. The van der Waals surface area contributed by atoms with Gasteiger partial charge >= 0.3 is 0 Å². The van der Waals surface area contributed by atoms with E-state index in [-0.39, 0.29) is 0 Å². The summed E-state index contributed by atoms with van der Waals surface area (Å²) >= 11 is 0. The summed E-state index contributed by atoms with van der Waals surface area (Å²) in [6, 6.07) is 7.61. The zero-order valence-electron chi connectivity index (χ0n) is 9.66. The fourth-order valence-electron chi connectivity index (χ4n) is 3.32. The lowest BCUT2D eigenvalue weighted by Crippen LogP contribution is -2.41. The number of anilines is 1. The van der Waals surface area contributed by atoms with Crippen LogP contribution in [-0.2, 0) is 6.42 Å². The van der Waals surface area contributed by atoms with Crippen LogP contribution < -0.4 is 4.90 Å². The van der Waals surface area contributed by atoms with Crippen molar-refractivity contribution >= 4 is 5.69 Å². The van der Waals surface area contributed by atoms with Crippen LogP contribution in [0.5, 0.6) is 0 Å².